The molecule has 1 unspecified atom stereocenters. The van der Waals surface area contributed by atoms with Gasteiger partial charge in [0.25, 0.3) is 0 Å². The fraction of sp³-hybridized carbons (Fsp3) is 0.484. The number of aryl methyl sites for hydroxylation is 1. The number of nitrogens with one attached hydrogen (secondary N) is 2. The molecular formula is C31H40ClN5O5. The Morgan fingerprint density at radius 2 is 1.69 bits per heavy atom. The van der Waals surface area contributed by atoms with Gasteiger partial charge in [-0.2, -0.15) is 0 Å². The molecular weight excluding hydrogens is 558 g/mol. The van der Waals surface area contributed by atoms with E-state index in [0.29, 0.717) is 30.2 Å². The highest BCUT2D eigenvalue weighted by atomic mass is 35.5. The van der Waals surface area contributed by atoms with Gasteiger partial charge < -0.3 is 30.9 Å². The Morgan fingerprint density at radius 1 is 1.02 bits per heavy atom. The third-order valence-electron chi connectivity index (χ3n) is 7.71. The molecule has 4 rings (SSSR count). The van der Waals surface area contributed by atoms with E-state index in [-0.39, 0.29) is 56.4 Å². The summed E-state index contributed by atoms with van der Waals surface area (Å²) in [5.74, 6) is -1.25. The number of halogens is 1. The predicted octanol–water partition coefficient (Wildman–Crippen LogP) is 2.79. The van der Waals surface area contributed by atoms with Crippen molar-refractivity contribution in [2.45, 2.75) is 77.3 Å². The number of rotatable bonds is 9. The lowest BCUT2D eigenvalue weighted by Crippen LogP contribution is -2.56. The number of morpholine rings is 1. The molecule has 2 aliphatic rings. The van der Waals surface area contributed by atoms with Gasteiger partial charge in [0.05, 0.1) is 12.2 Å². The van der Waals surface area contributed by atoms with Crippen LogP contribution in [0.2, 0.25) is 5.02 Å². The first-order valence-corrected chi connectivity index (χ1v) is 14.8. The molecule has 11 heteroatoms. The zero-order valence-corrected chi connectivity index (χ0v) is 25.2. The summed E-state index contributed by atoms with van der Waals surface area (Å²) in [6.07, 6.45) is 0.404. The number of benzene rings is 2. The van der Waals surface area contributed by atoms with Gasteiger partial charge in [-0.25, -0.2) is 0 Å². The van der Waals surface area contributed by atoms with Crippen LogP contribution in [0.25, 0.3) is 0 Å². The fourth-order valence-corrected chi connectivity index (χ4v) is 5.69. The maximum Gasteiger partial charge on any atom is 0.246 e. The molecule has 10 nitrogen and oxygen atoms in total. The topological polar surface area (TPSA) is 134 Å². The molecule has 0 bridgehead atoms. The van der Waals surface area contributed by atoms with Crippen LogP contribution in [0.5, 0.6) is 0 Å². The molecule has 1 saturated heterocycles. The maximum atomic E-state index is 13.7. The quantitative estimate of drug-likeness (QED) is 0.407. The lowest BCUT2D eigenvalue weighted by atomic mass is 9.92. The van der Waals surface area contributed by atoms with Crippen molar-refractivity contribution in [1.82, 2.24) is 15.1 Å². The van der Waals surface area contributed by atoms with Crippen LogP contribution in [0.4, 0.5) is 5.69 Å². The Hall–Kier alpha value is -3.47. The zero-order valence-electron chi connectivity index (χ0n) is 24.4. The van der Waals surface area contributed by atoms with Gasteiger partial charge >= 0.3 is 0 Å². The van der Waals surface area contributed by atoms with E-state index in [4.69, 9.17) is 22.1 Å². The van der Waals surface area contributed by atoms with Crippen molar-refractivity contribution < 1.29 is 23.9 Å². The van der Waals surface area contributed by atoms with Crippen LogP contribution in [0.3, 0.4) is 0 Å². The van der Waals surface area contributed by atoms with E-state index in [1.165, 1.54) is 4.90 Å². The Labute approximate surface area is 251 Å². The molecule has 1 fully saturated rings. The molecule has 4 atom stereocenters. The number of carbonyl (C=O) groups excluding carboxylic acids is 4. The first-order chi connectivity index (χ1) is 20.0. The van der Waals surface area contributed by atoms with E-state index in [0.717, 1.165) is 16.7 Å². The van der Waals surface area contributed by atoms with Crippen LogP contribution >= 0.6 is 11.6 Å². The average molecular weight is 598 g/mol. The zero-order chi connectivity index (χ0) is 30.4. The fourth-order valence-electron chi connectivity index (χ4n) is 5.57. The van der Waals surface area contributed by atoms with Crippen LogP contribution in [-0.4, -0.2) is 77.4 Å². The molecule has 2 aromatic rings. The van der Waals surface area contributed by atoms with Gasteiger partial charge in [-0.05, 0) is 68.6 Å². The number of nitrogens with two attached hydrogens (primary N) is 1. The van der Waals surface area contributed by atoms with Crippen LogP contribution in [-0.2, 0) is 36.9 Å². The molecule has 0 aromatic heterocycles. The molecule has 0 saturated carbocycles. The number of hydrogen-bond acceptors (Lipinski definition) is 6. The minimum Gasteiger partial charge on any atom is -0.372 e. The Balaban J connectivity index is 1.46. The number of fused-ring (bicyclic) bond motifs is 1. The van der Waals surface area contributed by atoms with E-state index < -0.39 is 23.9 Å². The smallest absolute Gasteiger partial charge is 0.246 e. The van der Waals surface area contributed by atoms with Crippen molar-refractivity contribution in [2.75, 3.05) is 25.0 Å². The lowest BCUT2D eigenvalue weighted by molar-refractivity contribution is -0.147. The van der Waals surface area contributed by atoms with Gasteiger partial charge in [0.1, 0.15) is 12.1 Å². The summed E-state index contributed by atoms with van der Waals surface area (Å²) < 4.78 is 5.71. The third-order valence-corrected chi connectivity index (χ3v) is 8.13. The van der Waals surface area contributed by atoms with Gasteiger partial charge in [0.2, 0.25) is 23.6 Å². The first kappa shape index (κ1) is 31.5. The molecule has 0 aliphatic carbocycles. The van der Waals surface area contributed by atoms with E-state index in [1.54, 1.807) is 23.1 Å². The summed E-state index contributed by atoms with van der Waals surface area (Å²) in [5.41, 5.74) is 9.06. The number of anilines is 1. The summed E-state index contributed by atoms with van der Waals surface area (Å²) in [5, 5.41) is 6.24. The third kappa shape index (κ3) is 7.87. The van der Waals surface area contributed by atoms with E-state index >= 15 is 0 Å². The number of carbonyl (C=O) groups is 4. The number of amides is 4. The van der Waals surface area contributed by atoms with Gasteiger partial charge in [0, 0.05) is 49.6 Å². The second kappa shape index (κ2) is 14.1. The standard InChI is InChI=1S/C31H40ClN5O5/c1-19-14-24(8-9-25(19)32)34-30(40)26(12-13-33)35-31(41)27-15-22-6-4-5-7-23(22)18-37(27)29(39)11-10-28(38)36-16-20(2)42-21(3)17-36/h4-9,14,20-21,26-27H,10-13,15-18,33H2,1-3H3,(H,34,40)(H,35,41)/t20-,21+,26?,27-/m0/s1. The SMILES string of the molecule is Cc1cc(NC(=O)C(CCN)NC(=O)[C@@H]2Cc3ccccc3CN2C(=O)CCC(=O)N2C[C@@H](C)O[C@@H](C)C2)ccc1Cl. The van der Waals surface area contributed by atoms with Crippen molar-refractivity contribution >= 4 is 40.9 Å². The van der Waals surface area contributed by atoms with Crippen LogP contribution < -0.4 is 16.4 Å². The minimum absolute atomic E-state index is 0.0203. The Morgan fingerprint density at radius 3 is 2.36 bits per heavy atom. The molecule has 0 radical (unpaired) electrons. The van der Waals surface area contributed by atoms with Crippen LogP contribution in [0, 0.1) is 6.92 Å². The normalized spacial score (nSPS) is 20.8. The van der Waals surface area contributed by atoms with Crippen LogP contribution in [0.15, 0.2) is 42.5 Å². The second-order valence-electron chi connectivity index (χ2n) is 11.2. The summed E-state index contributed by atoms with van der Waals surface area (Å²) in [6, 6.07) is 11.1. The van der Waals surface area contributed by atoms with Crippen molar-refractivity contribution in [3.63, 3.8) is 0 Å². The number of hydrogen-bond donors (Lipinski definition) is 3. The van der Waals surface area contributed by atoms with Gasteiger partial charge in [-0.1, -0.05) is 35.9 Å². The van der Waals surface area contributed by atoms with E-state index in [2.05, 4.69) is 10.6 Å². The van der Waals surface area contributed by atoms with E-state index in [9.17, 15) is 19.2 Å². The molecule has 4 amide bonds. The van der Waals surface area contributed by atoms with Crippen molar-refractivity contribution in [3.05, 3.63) is 64.2 Å². The summed E-state index contributed by atoms with van der Waals surface area (Å²) >= 11 is 6.11. The van der Waals surface area contributed by atoms with Gasteiger partial charge in [-0.15, -0.1) is 0 Å². The minimum atomic E-state index is -0.903. The lowest BCUT2D eigenvalue weighted by Gasteiger charge is -2.37. The number of nitrogens with zero attached hydrogens (tertiary/aromatic N) is 2. The predicted molar refractivity (Wildman–Crippen MR) is 161 cm³/mol. The monoisotopic (exact) mass is 597 g/mol. The van der Waals surface area contributed by atoms with Gasteiger partial charge in [-0.3, -0.25) is 19.2 Å². The molecule has 226 valence electrons. The van der Waals surface area contributed by atoms with Crippen molar-refractivity contribution in [3.8, 4) is 0 Å². The van der Waals surface area contributed by atoms with Crippen molar-refractivity contribution in [1.29, 1.82) is 0 Å². The summed E-state index contributed by atoms with van der Waals surface area (Å²) in [7, 11) is 0. The van der Waals surface area contributed by atoms with Crippen LogP contribution in [0.1, 0.15) is 49.8 Å². The molecule has 4 N–H and O–H groups in total. The molecule has 0 spiro atoms. The van der Waals surface area contributed by atoms with Crippen molar-refractivity contribution in [2.24, 2.45) is 5.73 Å². The van der Waals surface area contributed by atoms with E-state index in [1.807, 2.05) is 45.0 Å². The average Bonchev–Trinajstić information content (AvgIpc) is 2.96. The van der Waals surface area contributed by atoms with Gasteiger partial charge in [0.15, 0.2) is 0 Å². The Kier molecular flexibility index (Phi) is 10.6. The highest BCUT2D eigenvalue weighted by Gasteiger charge is 2.36. The first-order valence-electron chi connectivity index (χ1n) is 14.4. The molecule has 2 heterocycles. The second-order valence-corrected chi connectivity index (χ2v) is 11.6. The molecule has 2 aromatic carbocycles. The Bertz CT molecular complexity index is 1310. The summed E-state index contributed by atoms with van der Waals surface area (Å²) in [4.78, 5) is 56.6. The maximum absolute atomic E-state index is 13.7. The highest BCUT2D eigenvalue weighted by Crippen LogP contribution is 2.25. The number of ether oxygens (including phenoxy) is 1. The highest BCUT2D eigenvalue weighted by molar-refractivity contribution is 6.31. The summed E-state index contributed by atoms with van der Waals surface area (Å²) in [6.45, 7) is 7.06. The molecule has 42 heavy (non-hydrogen) atoms. The largest absolute Gasteiger partial charge is 0.372 e. The molecule has 2 aliphatic heterocycles.